The average Bonchev–Trinajstić information content (AvgIpc) is 2.76. The van der Waals surface area contributed by atoms with Crippen molar-refractivity contribution in [3.8, 4) is 0 Å². The van der Waals surface area contributed by atoms with Crippen LogP contribution in [0.1, 0.15) is 101 Å². The zero-order chi connectivity index (χ0) is 21.8. The molecule has 0 spiro atoms. The summed E-state index contributed by atoms with van der Waals surface area (Å²) in [4.78, 5) is 0. The van der Waals surface area contributed by atoms with Gasteiger partial charge in [-0.2, -0.15) is 0 Å². The van der Waals surface area contributed by atoms with Crippen LogP contribution in [0.5, 0.6) is 0 Å². The molecule has 0 radical (unpaired) electrons. The normalized spacial score (nSPS) is 12.3. The minimum atomic E-state index is -0.271. The first-order chi connectivity index (χ1) is 14.7. The van der Waals surface area contributed by atoms with Crippen molar-refractivity contribution in [3.05, 3.63) is 58.7 Å². The predicted octanol–water partition coefficient (Wildman–Crippen LogP) is 8.26. The molecule has 2 rings (SSSR count). The predicted molar refractivity (Wildman–Crippen MR) is 139 cm³/mol. The summed E-state index contributed by atoms with van der Waals surface area (Å²) in [6, 6.07) is 14.3. The van der Waals surface area contributed by atoms with E-state index in [0.717, 1.165) is 0 Å². The van der Waals surface area contributed by atoms with E-state index in [2.05, 4.69) is 71.0 Å². The van der Waals surface area contributed by atoms with Crippen LogP contribution in [0, 0.1) is 6.92 Å². The van der Waals surface area contributed by atoms with Gasteiger partial charge in [0.15, 0.2) is 0 Å². The monoisotopic (exact) mass is 424 g/mol. The molecule has 0 N–H and O–H groups in total. The second-order valence-electron chi connectivity index (χ2n) is 8.80. The number of rotatable bonds is 14. The lowest BCUT2D eigenvalue weighted by Crippen LogP contribution is -2.22. The summed E-state index contributed by atoms with van der Waals surface area (Å²) in [7, 11) is -0.271. The maximum atomic E-state index is 2.55. The topological polar surface area (TPSA) is 0 Å². The number of hydrogen-bond acceptors (Lipinski definition) is 0. The SMILES string of the molecule is CCCCc1ccc(P(CCCC)c2ccccc2C)c(CCCC)c1CCCC. The van der Waals surface area contributed by atoms with E-state index in [1.54, 1.807) is 27.3 Å². The molecule has 0 saturated carbocycles. The average molecular weight is 425 g/mol. The largest absolute Gasteiger partial charge is 0.0654 e. The van der Waals surface area contributed by atoms with E-state index in [4.69, 9.17) is 0 Å². The molecular formula is C29H45P. The molecule has 0 aliphatic carbocycles. The van der Waals surface area contributed by atoms with Crippen LogP contribution >= 0.6 is 7.92 Å². The quantitative estimate of drug-likeness (QED) is 0.268. The Kier molecular flexibility index (Phi) is 11.8. The van der Waals surface area contributed by atoms with Crippen LogP contribution in [-0.2, 0) is 19.3 Å². The van der Waals surface area contributed by atoms with Crippen LogP contribution in [0.25, 0.3) is 0 Å². The zero-order valence-corrected chi connectivity index (χ0v) is 21.3. The van der Waals surface area contributed by atoms with E-state index >= 15 is 0 Å². The number of aryl methyl sites for hydroxylation is 2. The summed E-state index contributed by atoms with van der Waals surface area (Å²) in [6.45, 7) is 11.6. The molecule has 0 amide bonds. The van der Waals surface area contributed by atoms with Crippen LogP contribution in [0.3, 0.4) is 0 Å². The highest BCUT2D eigenvalue weighted by atomic mass is 31.1. The smallest absolute Gasteiger partial charge is 0.0160 e. The van der Waals surface area contributed by atoms with Gasteiger partial charge in [-0.15, -0.1) is 0 Å². The summed E-state index contributed by atoms with van der Waals surface area (Å²) < 4.78 is 0. The Labute approximate surface area is 188 Å². The first-order valence-corrected chi connectivity index (χ1v) is 14.2. The van der Waals surface area contributed by atoms with Gasteiger partial charge in [0.25, 0.3) is 0 Å². The third-order valence-electron chi connectivity index (χ3n) is 6.30. The van der Waals surface area contributed by atoms with E-state index in [9.17, 15) is 0 Å². The Balaban J connectivity index is 2.61. The molecule has 0 fully saturated rings. The minimum absolute atomic E-state index is 0.271. The van der Waals surface area contributed by atoms with Crippen molar-refractivity contribution in [2.45, 2.75) is 105 Å². The molecule has 0 saturated heterocycles. The zero-order valence-electron chi connectivity index (χ0n) is 20.4. The van der Waals surface area contributed by atoms with Gasteiger partial charge in [0.05, 0.1) is 0 Å². The highest BCUT2D eigenvalue weighted by Crippen LogP contribution is 2.39. The van der Waals surface area contributed by atoms with Crippen LogP contribution in [0.15, 0.2) is 36.4 Å². The third kappa shape index (κ3) is 6.95. The standard InChI is InChI=1S/C29H45P/c1-6-10-17-25-21-22-29(27(19-12-8-3)26(25)18-11-7-2)30(23-13-9-4)28-20-15-14-16-24(28)5/h14-16,20-22H,6-13,17-19,23H2,1-5H3. The van der Waals surface area contributed by atoms with E-state index in [1.165, 1.54) is 82.4 Å². The molecule has 2 aromatic rings. The minimum Gasteiger partial charge on any atom is -0.0654 e. The van der Waals surface area contributed by atoms with Gasteiger partial charge in [-0.25, -0.2) is 0 Å². The second-order valence-corrected chi connectivity index (χ2v) is 11.1. The lowest BCUT2D eigenvalue weighted by molar-refractivity contribution is 0.737. The Morgan fingerprint density at radius 2 is 1.20 bits per heavy atom. The highest BCUT2D eigenvalue weighted by molar-refractivity contribution is 7.73. The lowest BCUT2D eigenvalue weighted by atomic mass is 9.91. The van der Waals surface area contributed by atoms with Crippen molar-refractivity contribution in [2.75, 3.05) is 6.16 Å². The second kappa shape index (κ2) is 14.0. The number of benzene rings is 2. The fourth-order valence-electron chi connectivity index (χ4n) is 4.43. The number of hydrogen-bond donors (Lipinski definition) is 0. The van der Waals surface area contributed by atoms with Gasteiger partial charge in [-0.3, -0.25) is 0 Å². The molecule has 0 aliphatic heterocycles. The van der Waals surface area contributed by atoms with Gasteiger partial charge in [0, 0.05) is 0 Å². The molecule has 1 atom stereocenters. The van der Waals surface area contributed by atoms with Crippen LogP contribution in [0.2, 0.25) is 0 Å². The molecule has 1 unspecified atom stereocenters. The van der Waals surface area contributed by atoms with Crippen molar-refractivity contribution < 1.29 is 0 Å². The molecule has 1 heteroatoms. The highest BCUT2D eigenvalue weighted by Gasteiger charge is 2.21. The maximum Gasteiger partial charge on any atom is -0.0160 e. The van der Waals surface area contributed by atoms with Gasteiger partial charge in [0.2, 0.25) is 0 Å². The molecule has 0 bridgehead atoms. The number of unbranched alkanes of at least 4 members (excludes halogenated alkanes) is 4. The molecular weight excluding hydrogens is 379 g/mol. The van der Waals surface area contributed by atoms with Crippen LogP contribution < -0.4 is 10.6 Å². The fourth-order valence-corrected chi connectivity index (χ4v) is 7.40. The summed E-state index contributed by atoms with van der Waals surface area (Å²) in [6.07, 6.45) is 15.5. The Hall–Kier alpha value is -1.13. The molecule has 166 valence electrons. The summed E-state index contributed by atoms with van der Waals surface area (Å²) in [5, 5.41) is 3.31. The van der Waals surface area contributed by atoms with Crippen LogP contribution in [-0.4, -0.2) is 6.16 Å². The van der Waals surface area contributed by atoms with Crippen molar-refractivity contribution >= 4 is 18.5 Å². The maximum absolute atomic E-state index is 2.55. The first kappa shape index (κ1) is 25.1. The van der Waals surface area contributed by atoms with Crippen molar-refractivity contribution in [2.24, 2.45) is 0 Å². The molecule has 0 aliphatic rings. The summed E-state index contributed by atoms with van der Waals surface area (Å²) >= 11 is 0. The summed E-state index contributed by atoms with van der Waals surface area (Å²) in [5.74, 6) is 0. The van der Waals surface area contributed by atoms with E-state index in [1.807, 2.05) is 0 Å². The van der Waals surface area contributed by atoms with Crippen LogP contribution in [0.4, 0.5) is 0 Å². The van der Waals surface area contributed by atoms with Gasteiger partial charge >= 0.3 is 0 Å². The van der Waals surface area contributed by atoms with E-state index < -0.39 is 0 Å². The van der Waals surface area contributed by atoms with E-state index in [-0.39, 0.29) is 7.92 Å². The molecule has 0 heterocycles. The van der Waals surface area contributed by atoms with Gasteiger partial charge in [-0.05, 0) is 98.8 Å². The van der Waals surface area contributed by atoms with Gasteiger partial charge in [-0.1, -0.05) is 89.8 Å². The third-order valence-corrected chi connectivity index (χ3v) is 9.14. The van der Waals surface area contributed by atoms with E-state index in [0.29, 0.717) is 0 Å². The van der Waals surface area contributed by atoms with Gasteiger partial charge < -0.3 is 0 Å². The fraction of sp³-hybridized carbons (Fsp3) is 0.586. The molecule has 0 nitrogen and oxygen atoms in total. The van der Waals surface area contributed by atoms with Crippen molar-refractivity contribution in [1.29, 1.82) is 0 Å². The first-order valence-electron chi connectivity index (χ1n) is 12.6. The van der Waals surface area contributed by atoms with Crippen molar-refractivity contribution in [1.82, 2.24) is 0 Å². The molecule has 30 heavy (non-hydrogen) atoms. The Morgan fingerprint density at radius 1 is 0.600 bits per heavy atom. The lowest BCUT2D eigenvalue weighted by Gasteiger charge is -2.27. The summed E-state index contributed by atoms with van der Waals surface area (Å²) in [5.41, 5.74) is 6.60. The Morgan fingerprint density at radius 3 is 1.83 bits per heavy atom. The molecule has 2 aromatic carbocycles. The van der Waals surface area contributed by atoms with Crippen molar-refractivity contribution in [3.63, 3.8) is 0 Å². The molecule has 0 aromatic heterocycles. The Bertz CT molecular complexity index is 746. The van der Waals surface area contributed by atoms with Gasteiger partial charge in [0.1, 0.15) is 0 Å².